The molecule has 2 atom stereocenters. The van der Waals surface area contributed by atoms with Gasteiger partial charge in [-0.1, -0.05) is 5.21 Å². The van der Waals surface area contributed by atoms with Crippen molar-refractivity contribution < 1.29 is 4.79 Å². The number of thiophene rings is 2. The molecule has 0 spiro atoms. The minimum absolute atomic E-state index is 0.0695. The van der Waals surface area contributed by atoms with E-state index >= 15 is 0 Å². The summed E-state index contributed by atoms with van der Waals surface area (Å²) < 4.78 is 0. The number of aryl methyl sites for hydroxylation is 2. The highest BCUT2D eigenvalue weighted by atomic mass is 32.1. The first-order valence-corrected chi connectivity index (χ1v) is 10.2. The van der Waals surface area contributed by atoms with Crippen LogP contribution in [0.2, 0.25) is 0 Å². The van der Waals surface area contributed by atoms with Crippen LogP contribution >= 0.6 is 22.7 Å². The molecule has 1 aliphatic rings. The Kier molecular flexibility index (Phi) is 4.37. The fourth-order valence-electron chi connectivity index (χ4n) is 3.80. The Labute approximate surface area is 159 Å². The molecular weight excluding hydrogens is 368 g/mol. The van der Waals surface area contributed by atoms with Crippen molar-refractivity contribution in [3.8, 4) is 0 Å². The van der Waals surface area contributed by atoms with E-state index in [1.54, 1.807) is 18.4 Å². The summed E-state index contributed by atoms with van der Waals surface area (Å²) in [5.41, 5.74) is 8.17. The molecule has 0 radical (unpaired) electrons. The number of nitrogens with one attached hydrogen (secondary N) is 2. The molecular formula is C17H20N6OS2. The molecule has 0 saturated heterocycles. The lowest BCUT2D eigenvalue weighted by atomic mass is 9.76. The van der Waals surface area contributed by atoms with Crippen molar-refractivity contribution in [2.75, 3.05) is 7.05 Å². The number of hydrogen-bond acceptors (Lipinski definition) is 7. The van der Waals surface area contributed by atoms with Gasteiger partial charge in [-0.25, -0.2) is 0 Å². The van der Waals surface area contributed by atoms with E-state index in [2.05, 4.69) is 37.4 Å². The number of tetrazole rings is 1. The van der Waals surface area contributed by atoms with Crippen LogP contribution in [0.1, 0.15) is 49.7 Å². The number of carbonyl (C=O) groups excluding carboxylic acids is 1. The standard InChI is InChI=1S/C17H20N6OS2/c1-9(18)8-17(16-20-22-23-21-16)13-10(5-6-25-13)3-4-11-7-12(15(24)19-2)26-14(11)17/h5-7,9H,3-4,8,18H2,1-2H3,(H,19,24)(H,20,21,22,23)/t9-,17?/m1/s1. The molecule has 1 amide bonds. The third kappa shape index (κ3) is 2.58. The monoisotopic (exact) mass is 388 g/mol. The van der Waals surface area contributed by atoms with Crippen molar-refractivity contribution in [1.29, 1.82) is 0 Å². The average molecular weight is 389 g/mol. The second-order valence-corrected chi connectivity index (χ2v) is 8.61. The molecule has 0 saturated carbocycles. The van der Waals surface area contributed by atoms with E-state index in [-0.39, 0.29) is 11.9 Å². The second-order valence-electron chi connectivity index (χ2n) is 6.64. The van der Waals surface area contributed by atoms with Crippen LogP contribution in [0.3, 0.4) is 0 Å². The van der Waals surface area contributed by atoms with Crippen LogP contribution in [-0.2, 0) is 18.3 Å². The summed E-state index contributed by atoms with van der Waals surface area (Å²) in [6.45, 7) is 1.99. The van der Waals surface area contributed by atoms with Crippen molar-refractivity contribution in [2.24, 2.45) is 5.73 Å². The molecule has 3 heterocycles. The molecule has 9 heteroatoms. The molecule has 136 valence electrons. The number of H-pyrrole nitrogens is 1. The van der Waals surface area contributed by atoms with Gasteiger partial charge in [0.25, 0.3) is 5.91 Å². The number of nitrogens with two attached hydrogens (primary N) is 1. The Hall–Kier alpha value is -2.10. The molecule has 4 N–H and O–H groups in total. The predicted octanol–water partition coefficient (Wildman–Crippen LogP) is 1.85. The van der Waals surface area contributed by atoms with Gasteiger partial charge in [-0.05, 0) is 54.8 Å². The van der Waals surface area contributed by atoms with Gasteiger partial charge in [0, 0.05) is 22.8 Å². The maximum Gasteiger partial charge on any atom is 0.261 e. The van der Waals surface area contributed by atoms with Gasteiger partial charge < -0.3 is 11.1 Å². The molecule has 3 aromatic rings. The Morgan fingerprint density at radius 1 is 1.42 bits per heavy atom. The largest absolute Gasteiger partial charge is 0.354 e. The molecule has 7 nitrogen and oxygen atoms in total. The zero-order valence-electron chi connectivity index (χ0n) is 14.6. The van der Waals surface area contributed by atoms with Gasteiger partial charge in [0.2, 0.25) is 0 Å². The second kappa shape index (κ2) is 6.57. The summed E-state index contributed by atoms with van der Waals surface area (Å²) in [6, 6.07) is 4.11. The Morgan fingerprint density at radius 2 is 2.23 bits per heavy atom. The number of hydrogen-bond donors (Lipinski definition) is 3. The third-order valence-corrected chi connectivity index (χ3v) is 7.26. The van der Waals surface area contributed by atoms with Gasteiger partial charge >= 0.3 is 0 Å². The topological polar surface area (TPSA) is 110 Å². The van der Waals surface area contributed by atoms with E-state index in [9.17, 15) is 4.79 Å². The normalized spacial score (nSPS) is 20.1. The molecule has 1 aliphatic carbocycles. The highest BCUT2D eigenvalue weighted by Gasteiger charge is 2.47. The lowest BCUT2D eigenvalue weighted by Crippen LogP contribution is -2.36. The smallest absolute Gasteiger partial charge is 0.261 e. The summed E-state index contributed by atoms with van der Waals surface area (Å²) in [4.78, 5) is 15.3. The van der Waals surface area contributed by atoms with Gasteiger partial charge in [0.15, 0.2) is 5.82 Å². The predicted molar refractivity (Wildman–Crippen MR) is 102 cm³/mol. The van der Waals surface area contributed by atoms with Gasteiger partial charge in [-0.15, -0.1) is 32.9 Å². The van der Waals surface area contributed by atoms with Crippen LogP contribution in [0.4, 0.5) is 0 Å². The number of rotatable bonds is 4. The minimum Gasteiger partial charge on any atom is -0.354 e. The number of aromatic nitrogens is 4. The average Bonchev–Trinajstić information content (AvgIpc) is 3.36. The van der Waals surface area contributed by atoms with E-state index in [0.29, 0.717) is 17.1 Å². The third-order valence-electron chi connectivity index (χ3n) is 4.80. The molecule has 4 rings (SSSR count). The van der Waals surface area contributed by atoms with Gasteiger partial charge in [0.05, 0.1) is 4.88 Å². The summed E-state index contributed by atoms with van der Waals surface area (Å²) in [5, 5.41) is 20.0. The highest BCUT2D eigenvalue weighted by Crippen LogP contribution is 2.51. The minimum atomic E-state index is -0.576. The van der Waals surface area contributed by atoms with Gasteiger partial charge in [-0.3, -0.25) is 4.79 Å². The zero-order valence-corrected chi connectivity index (χ0v) is 16.2. The van der Waals surface area contributed by atoms with Crippen LogP contribution in [-0.4, -0.2) is 39.6 Å². The maximum absolute atomic E-state index is 12.3. The zero-order chi connectivity index (χ0) is 18.3. The van der Waals surface area contributed by atoms with E-state index in [1.807, 2.05) is 13.0 Å². The van der Waals surface area contributed by atoms with Crippen LogP contribution < -0.4 is 11.1 Å². The number of nitrogens with zero attached hydrogens (tertiary/aromatic N) is 3. The van der Waals surface area contributed by atoms with Crippen LogP contribution in [0, 0.1) is 0 Å². The number of fused-ring (bicyclic) bond motifs is 2. The number of aromatic amines is 1. The summed E-state index contributed by atoms with van der Waals surface area (Å²) in [7, 11) is 1.65. The highest BCUT2D eigenvalue weighted by molar-refractivity contribution is 7.15. The van der Waals surface area contributed by atoms with Crippen molar-refractivity contribution in [1.82, 2.24) is 25.9 Å². The molecule has 0 aromatic carbocycles. The molecule has 0 aliphatic heterocycles. The molecule has 0 fully saturated rings. The molecule has 0 bridgehead atoms. The maximum atomic E-state index is 12.3. The van der Waals surface area contributed by atoms with Crippen molar-refractivity contribution in [3.63, 3.8) is 0 Å². The number of carbonyl (C=O) groups is 1. The van der Waals surface area contributed by atoms with Crippen LogP contribution in [0.5, 0.6) is 0 Å². The fourth-order valence-corrected chi connectivity index (χ4v) is 6.39. The number of amides is 1. The van der Waals surface area contributed by atoms with Gasteiger partial charge in [-0.2, -0.15) is 5.21 Å². The molecule has 26 heavy (non-hydrogen) atoms. The van der Waals surface area contributed by atoms with E-state index in [0.717, 1.165) is 17.7 Å². The first-order valence-electron chi connectivity index (χ1n) is 8.48. The summed E-state index contributed by atoms with van der Waals surface area (Å²) in [6.07, 6.45) is 2.46. The van der Waals surface area contributed by atoms with Crippen molar-refractivity contribution in [3.05, 3.63) is 49.1 Å². The quantitative estimate of drug-likeness (QED) is 0.632. The van der Waals surface area contributed by atoms with Crippen LogP contribution in [0.15, 0.2) is 17.5 Å². The lowest BCUT2D eigenvalue weighted by Gasteiger charge is -2.31. The van der Waals surface area contributed by atoms with E-state index < -0.39 is 5.41 Å². The fraction of sp³-hybridized carbons (Fsp3) is 0.412. The Bertz CT molecular complexity index is 929. The Balaban J connectivity index is 2.03. The summed E-state index contributed by atoms with van der Waals surface area (Å²) in [5.74, 6) is 0.546. The first-order chi connectivity index (χ1) is 12.6. The molecule has 3 aromatic heterocycles. The van der Waals surface area contributed by atoms with Gasteiger partial charge in [0.1, 0.15) is 5.41 Å². The first kappa shape index (κ1) is 17.3. The SMILES string of the molecule is CNC(=O)c1cc2c(s1)C(C[C@@H](C)N)(c1nn[nH]n1)c1sccc1CC2. The van der Waals surface area contributed by atoms with Crippen molar-refractivity contribution >= 4 is 28.6 Å². The summed E-state index contributed by atoms with van der Waals surface area (Å²) >= 11 is 3.21. The molecule has 1 unspecified atom stereocenters. The van der Waals surface area contributed by atoms with E-state index in [1.165, 1.54) is 27.3 Å². The van der Waals surface area contributed by atoms with Crippen LogP contribution in [0.25, 0.3) is 0 Å². The lowest BCUT2D eigenvalue weighted by molar-refractivity contribution is 0.0967. The van der Waals surface area contributed by atoms with Crippen molar-refractivity contribution in [2.45, 2.75) is 37.6 Å². The van der Waals surface area contributed by atoms with E-state index in [4.69, 9.17) is 5.73 Å². The Morgan fingerprint density at radius 3 is 2.92 bits per heavy atom.